The third kappa shape index (κ3) is 5.84. The van der Waals surface area contributed by atoms with Crippen molar-refractivity contribution >= 4 is 23.3 Å². The molecule has 0 radical (unpaired) electrons. The number of carbonyl (C=O) groups excluding carboxylic acids is 1. The summed E-state index contributed by atoms with van der Waals surface area (Å²) in [6.07, 6.45) is 6.62. The van der Waals surface area contributed by atoms with E-state index in [9.17, 15) is 4.79 Å². The van der Waals surface area contributed by atoms with Crippen LogP contribution in [0.5, 0.6) is 5.75 Å². The number of likely N-dealkylation sites (tertiary alicyclic amines) is 1. The number of hydrogen-bond acceptors (Lipinski definition) is 7. The summed E-state index contributed by atoms with van der Waals surface area (Å²) < 4.78 is 6.36. The van der Waals surface area contributed by atoms with Crippen molar-refractivity contribution in [3.63, 3.8) is 0 Å². The number of hydrogen-bond donors (Lipinski definition) is 2. The van der Waals surface area contributed by atoms with Crippen LogP contribution in [0.4, 0.5) is 5.82 Å². The van der Waals surface area contributed by atoms with E-state index in [2.05, 4.69) is 54.2 Å². The second kappa shape index (κ2) is 11.6. The van der Waals surface area contributed by atoms with E-state index in [0.717, 1.165) is 24.8 Å². The summed E-state index contributed by atoms with van der Waals surface area (Å²) in [7, 11) is 0. The Kier molecular flexibility index (Phi) is 8.12. The second-order valence-corrected chi connectivity index (χ2v) is 15.0. The van der Waals surface area contributed by atoms with Gasteiger partial charge in [-0.3, -0.25) is 4.79 Å². The molecular formula is C34H45ClN6O2. The van der Waals surface area contributed by atoms with Gasteiger partial charge in [0, 0.05) is 61.9 Å². The number of ether oxygens (including phenoxy) is 1. The van der Waals surface area contributed by atoms with Gasteiger partial charge in [0.2, 0.25) is 0 Å². The van der Waals surface area contributed by atoms with Crippen molar-refractivity contribution in [3.05, 3.63) is 52.7 Å². The number of anilines is 1. The fraction of sp³-hybridized carbons (Fsp3) is 0.618. The minimum atomic E-state index is -0.318. The number of aromatic nitrogens is 1. The van der Waals surface area contributed by atoms with E-state index in [1.165, 1.54) is 58.4 Å². The Hall–Kier alpha value is -2.86. The zero-order valence-electron chi connectivity index (χ0n) is 26.0. The number of piperidine rings is 2. The number of benzene rings is 1. The lowest BCUT2D eigenvalue weighted by Gasteiger charge is -2.63. The molecule has 1 amide bonds. The average Bonchev–Trinajstić information content (AvgIpc) is 2.98. The molecule has 2 N–H and O–H groups in total. The minimum Gasteiger partial charge on any atom is -0.489 e. The number of nitrogens with one attached hydrogen (secondary N) is 2. The third-order valence-electron chi connectivity index (χ3n) is 10.7. The SMILES string of the molecule is CC1(C)[C@H](NC(=O)c2ccc(N3CCC4(CC3)CN(CC3CCNCC3)C4)nc2)C(C)(C)[C@H]1Oc1ccc(C#N)c(Cl)c1. The fourth-order valence-electron chi connectivity index (χ4n) is 8.50. The maximum absolute atomic E-state index is 13.3. The molecule has 3 aliphatic heterocycles. The highest BCUT2D eigenvalue weighted by Gasteiger charge is 2.64. The molecular weight excluding hydrogens is 560 g/mol. The van der Waals surface area contributed by atoms with Crippen molar-refractivity contribution in [2.75, 3.05) is 50.7 Å². The second-order valence-electron chi connectivity index (χ2n) is 14.6. The van der Waals surface area contributed by atoms with Gasteiger partial charge in [-0.1, -0.05) is 39.3 Å². The molecule has 0 atom stereocenters. The Morgan fingerprint density at radius 1 is 1.12 bits per heavy atom. The van der Waals surface area contributed by atoms with Crippen molar-refractivity contribution in [1.82, 2.24) is 20.5 Å². The first kappa shape index (κ1) is 30.2. The van der Waals surface area contributed by atoms with Crippen LogP contribution in [0.1, 0.15) is 69.3 Å². The number of carbonyl (C=O) groups is 1. The summed E-state index contributed by atoms with van der Waals surface area (Å²) in [5.41, 5.74) is 0.838. The third-order valence-corrected chi connectivity index (χ3v) is 11.0. The number of nitrogens with zero attached hydrogens (tertiary/aromatic N) is 4. The number of nitriles is 1. The lowest BCUT2D eigenvalue weighted by Crippen LogP contribution is -2.74. The lowest BCUT2D eigenvalue weighted by atomic mass is 9.49. The Morgan fingerprint density at radius 2 is 1.81 bits per heavy atom. The summed E-state index contributed by atoms with van der Waals surface area (Å²) in [6, 6.07) is 11.0. The zero-order valence-corrected chi connectivity index (χ0v) is 26.7. The first-order chi connectivity index (χ1) is 20.5. The van der Waals surface area contributed by atoms with Crippen LogP contribution in [-0.4, -0.2) is 73.8 Å². The summed E-state index contributed by atoms with van der Waals surface area (Å²) in [6.45, 7) is 16.6. The topological polar surface area (TPSA) is 93.5 Å². The van der Waals surface area contributed by atoms with Crippen molar-refractivity contribution in [1.29, 1.82) is 5.26 Å². The molecule has 3 saturated heterocycles. The van der Waals surface area contributed by atoms with Gasteiger partial charge in [0.05, 0.1) is 16.1 Å². The molecule has 9 heteroatoms. The van der Waals surface area contributed by atoms with Crippen LogP contribution in [0.15, 0.2) is 36.5 Å². The number of amides is 1. The predicted molar refractivity (Wildman–Crippen MR) is 170 cm³/mol. The van der Waals surface area contributed by atoms with E-state index >= 15 is 0 Å². The summed E-state index contributed by atoms with van der Waals surface area (Å²) in [4.78, 5) is 23.1. The van der Waals surface area contributed by atoms with E-state index in [0.29, 0.717) is 27.3 Å². The average molecular weight is 605 g/mol. The highest BCUT2D eigenvalue weighted by atomic mass is 35.5. The maximum atomic E-state index is 13.3. The van der Waals surface area contributed by atoms with Crippen LogP contribution in [0.2, 0.25) is 5.02 Å². The molecule has 1 aliphatic carbocycles. The van der Waals surface area contributed by atoms with Gasteiger partial charge in [-0.05, 0) is 74.4 Å². The van der Waals surface area contributed by atoms with Gasteiger partial charge in [0.1, 0.15) is 23.7 Å². The van der Waals surface area contributed by atoms with Crippen LogP contribution < -0.4 is 20.3 Å². The quantitative estimate of drug-likeness (QED) is 0.453. The first-order valence-electron chi connectivity index (χ1n) is 15.8. The Balaban J connectivity index is 1.00. The molecule has 1 saturated carbocycles. The van der Waals surface area contributed by atoms with Gasteiger partial charge >= 0.3 is 0 Å². The van der Waals surface area contributed by atoms with Gasteiger partial charge in [0.25, 0.3) is 5.91 Å². The molecule has 43 heavy (non-hydrogen) atoms. The van der Waals surface area contributed by atoms with E-state index < -0.39 is 0 Å². The normalized spacial score (nSPS) is 26.2. The molecule has 230 valence electrons. The Bertz CT molecular complexity index is 1350. The smallest absolute Gasteiger partial charge is 0.253 e. The van der Waals surface area contributed by atoms with Gasteiger partial charge in [-0.25, -0.2) is 4.98 Å². The summed E-state index contributed by atoms with van der Waals surface area (Å²) in [5, 5.41) is 16.3. The van der Waals surface area contributed by atoms with E-state index in [1.54, 1.807) is 24.4 Å². The minimum absolute atomic E-state index is 0.0962. The summed E-state index contributed by atoms with van der Waals surface area (Å²) in [5.74, 6) is 2.32. The fourth-order valence-corrected chi connectivity index (χ4v) is 8.72. The van der Waals surface area contributed by atoms with Crippen molar-refractivity contribution in [2.45, 2.75) is 65.5 Å². The molecule has 1 aromatic carbocycles. The van der Waals surface area contributed by atoms with Crippen LogP contribution in [0, 0.1) is 33.5 Å². The first-order valence-corrected chi connectivity index (χ1v) is 16.2. The molecule has 2 aromatic rings. The van der Waals surface area contributed by atoms with Crippen molar-refractivity contribution in [3.8, 4) is 11.8 Å². The molecule has 0 unspecified atom stereocenters. The zero-order chi connectivity index (χ0) is 30.4. The van der Waals surface area contributed by atoms with Crippen molar-refractivity contribution in [2.24, 2.45) is 22.2 Å². The molecule has 0 bridgehead atoms. The number of halogens is 1. The largest absolute Gasteiger partial charge is 0.489 e. The predicted octanol–water partition coefficient (Wildman–Crippen LogP) is 5.12. The highest BCUT2D eigenvalue weighted by molar-refractivity contribution is 6.31. The molecule has 4 aliphatic rings. The maximum Gasteiger partial charge on any atom is 0.253 e. The molecule has 8 nitrogen and oxygen atoms in total. The summed E-state index contributed by atoms with van der Waals surface area (Å²) >= 11 is 6.23. The van der Waals surface area contributed by atoms with Crippen LogP contribution in [0.3, 0.4) is 0 Å². The number of rotatable bonds is 7. The Labute approximate surface area is 261 Å². The van der Waals surface area contributed by atoms with Gasteiger partial charge in [-0.2, -0.15) is 5.26 Å². The van der Waals surface area contributed by atoms with E-state index in [1.807, 2.05) is 12.1 Å². The molecule has 1 aromatic heterocycles. The lowest BCUT2D eigenvalue weighted by molar-refractivity contribution is -0.164. The van der Waals surface area contributed by atoms with E-state index in [4.69, 9.17) is 26.6 Å². The van der Waals surface area contributed by atoms with Gasteiger partial charge in [0.15, 0.2) is 0 Å². The molecule has 4 heterocycles. The standard InChI is InChI=1S/C34H45ClN6O2/c1-32(2)30(33(3,4)31(32)43-26-7-5-24(18-36)27(35)17-26)39-29(42)25-6-8-28(38-19-25)41-15-11-34(12-16-41)21-40(22-34)20-23-9-13-37-14-10-23/h5-8,17,19,23,30-31,37H,9-16,20-22H2,1-4H3,(H,39,42)/t30-,31-. The monoisotopic (exact) mass is 604 g/mol. The van der Waals surface area contributed by atoms with E-state index in [-0.39, 0.29) is 28.9 Å². The molecule has 6 rings (SSSR count). The van der Waals surface area contributed by atoms with Crippen molar-refractivity contribution < 1.29 is 9.53 Å². The van der Waals surface area contributed by atoms with Crippen LogP contribution >= 0.6 is 11.6 Å². The van der Waals surface area contributed by atoms with Gasteiger partial charge < -0.3 is 25.2 Å². The van der Waals surface area contributed by atoms with Gasteiger partial charge in [-0.15, -0.1) is 0 Å². The highest BCUT2D eigenvalue weighted by Crippen LogP contribution is 2.55. The van der Waals surface area contributed by atoms with Crippen LogP contribution in [-0.2, 0) is 0 Å². The molecule has 1 spiro atoms. The number of pyridine rings is 1. The Morgan fingerprint density at radius 3 is 2.42 bits per heavy atom. The van der Waals surface area contributed by atoms with Crippen LogP contribution in [0.25, 0.3) is 0 Å². The molecule has 4 fully saturated rings.